The number of benzene rings is 1. The van der Waals surface area contributed by atoms with Gasteiger partial charge < -0.3 is 9.84 Å². The van der Waals surface area contributed by atoms with Gasteiger partial charge in [0.25, 0.3) is 0 Å². The molecule has 1 N–H and O–H groups in total. The summed E-state index contributed by atoms with van der Waals surface area (Å²) in [5.41, 5.74) is 2.24. The molecule has 0 saturated carbocycles. The average molecular weight is 234 g/mol. The van der Waals surface area contributed by atoms with E-state index in [1.54, 1.807) is 0 Å². The highest BCUT2D eigenvalue weighted by Gasteiger charge is 2.18. The number of ether oxygens (including phenoxy) is 1. The Kier molecular flexibility index (Phi) is 4.43. The number of hydrogen-bond donors (Lipinski definition) is 1. The van der Waals surface area contributed by atoms with E-state index in [4.69, 9.17) is 4.74 Å². The molecular formula is C15H22O2. The lowest BCUT2D eigenvalue weighted by atomic mass is 9.96. The van der Waals surface area contributed by atoms with Crippen molar-refractivity contribution in [1.82, 2.24) is 0 Å². The van der Waals surface area contributed by atoms with Crippen LogP contribution in [0.15, 0.2) is 18.2 Å². The van der Waals surface area contributed by atoms with Crippen LogP contribution in [0.1, 0.15) is 56.3 Å². The second-order valence-electron chi connectivity index (χ2n) is 4.80. The monoisotopic (exact) mass is 234 g/mol. The first-order valence-corrected chi connectivity index (χ1v) is 6.75. The quantitative estimate of drug-likeness (QED) is 0.788. The summed E-state index contributed by atoms with van der Waals surface area (Å²) in [4.78, 5) is 0. The van der Waals surface area contributed by atoms with Gasteiger partial charge in [-0.3, -0.25) is 0 Å². The summed E-state index contributed by atoms with van der Waals surface area (Å²) in [5.74, 6) is 0.947. The van der Waals surface area contributed by atoms with Gasteiger partial charge in [0.05, 0.1) is 12.7 Å². The van der Waals surface area contributed by atoms with Crippen LogP contribution in [0.2, 0.25) is 0 Å². The van der Waals surface area contributed by atoms with Crippen LogP contribution in [-0.4, -0.2) is 11.7 Å². The summed E-state index contributed by atoms with van der Waals surface area (Å²) in [6.45, 7) is 2.96. The van der Waals surface area contributed by atoms with Crippen molar-refractivity contribution in [2.45, 2.75) is 51.6 Å². The molecule has 94 valence electrons. The first kappa shape index (κ1) is 12.4. The van der Waals surface area contributed by atoms with Gasteiger partial charge in [0.15, 0.2) is 0 Å². The normalized spacial score (nSPS) is 16.1. The summed E-state index contributed by atoms with van der Waals surface area (Å²) >= 11 is 0. The topological polar surface area (TPSA) is 29.5 Å². The molecule has 0 aromatic heterocycles. The fourth-order valence-electron chi connectivity index (χ4n) is 2.42. The van der Waals surface area contributed by atoms with Crippen molar-refractivity contribution in [2.24, 2.45) is 0 Å². The third kappa shape index (κ3) is 3.01. The Morgan fingerprint density at radius 1 is 1.35 bits per heavy atom. The van der Waals surface area contributed by atoms with Gasteiger partial charge in [-0.05, 0) is 24.8 Å². The van der Waals surface area contributed by atoms with Crippen molar-refractivity contribution in [3.63, 3.8) is 0 Å². The third-order valence-electron chi connectivity index (χ3n) is 3.40. The number of aliphatic hydroxyl groups excluding tert-OH is 1. The SMILES string of the molecule is CCCCCC(O)c1cccc2c1OCCC2. The lowest BCUT2D eigenvalue weighted by Gasteiger charge is -2.22. The van der Waals surface area contributed by atoms with Crippen LogP contribution in [-0.2, 0) is 6.42 Å². The minimum Gasteiger partial charge on any atom is -0.493 e. The van der Waals surface area contributed by atoms with Crippen LogP contribution >= 0.6 is 0 Å². The molecule has 1 aliphatic rings. The minimum absolute atomic E-state index is 0.366. The molecule has 1 aromatic carbocycles. The van der Waals surface area contributed by atoms with Gasteiger partial charge in [0.1, 0.15) is 5.75 Å². The van der Waals surface area contributed by atoms with E-state index in [9.17, 15) is 5.11 Å². The molecule has 2 nitrogen and oxygen atoms in total. The Morgan fingerprint density at radius 2 is 2.24 bits per heavy atom. The summed E-state index contributed by atoms with van der Waals surface area (Å²) < 4.78 is 5.72. The molecule has 17 heavy (non-hydrogen) atoms. The van der Waals surface area contributed by atoms with Crippen molar-refractivity contribution in [2.75, 3.05) is 6.61 Å². The Labute approximate surface area is 104 Å². The largest absolute Gasteiger partial charge is 0.493 e. The van der Waals surface area contributed by atoms with Gasteiger partial charge in [0.2, 0.25) is 0 Å². The van der Waals surface area contributed by atoms with E-state index in [-0.39, 0.29) is 6.10 Å². The standard InChI is InChI=1S/C15H22O2/c1-2-3-4-10-14(16)13-9-5-7-12-8-6-11-17-15(12)13/h5,7,9,14,16H,2-4,6,8,10-11H2,1H3. The number of para-hydroxylation sites is 1. The highest BCUT2D eigenvalue weighted by molar-refractivity contribution is 5.43. The second kappa shape index (κ2) is 6.06. The van der Waals surface area contributed by atoms with Crippen molar-refractivity contribution < 1.29 is 9.84 Å². The molecule has 1 unspecified atom stereocenters. The van der Waals surface area contributed by atoms with E-state index < -0.39 is 0 Å². The molecule has 1 aliphatic heterocycles. The van der Waals surface area contributed by atoms with Crippen molar-refractivity contribution in [3.8, 4) is 5.75 Å². The van der Waals surface area contributed by atoms with Gasteiger partial charge in [-0.1, -0.05) is 44.4 Å². The predicted octanol–water partition coefficient (Wildman–Crippen LogP) is 3.63. The van der Waals surface area contributed by atoms with Crippen LogP contribution in [0.3, 0.4) is 0 Å². The van der Waals surface area contributed by atoms with Crippen molar-refractivity contribution >= 4 is 0 Å². The van der Waals surface area contributed by atoms with Crippen molar-refractivity contribution in [3.05, 3.63) is 29.3 Å². The minimum atomic E-state index is -0.366. The van der Waals surface area contributed by atoms with Crippen LogP contribution < -0.4 is 4.74 Å². The van der Waals surface area contributed by atoms with Gasteiger partial charge in [-0.2, -0.15) is 0 Å². The predicted molar refractivity (Wildman–Crippen MR) is 69.4 cm³/mol. The van der Waals surface area contributed by atoms with E-state index in [2.05, 4.69) is 13.0 Å². The van der Waals surface area contributed by atoms with Crippen LogP contribution in [0, 0.1) is 0 Å². The molecule has 0 saturated heterocycles. The molecule has 0 amide bonds. The first-order valence-electron chi connectivity index (χ1n) is 6.75. The average Bonchev–Trinajstić information content (AvgIpc) is 2.38. The number of fused-ring (bicyclic) bond motifs is 1. The number of hydrogen-bond acceptors (Lipinski definition) is 2. The molecule has 0 spiro atoms. The van der Waals surface area contributed by atoms with Gasteiger partial charge >= 0.3 is 0 Å². The van der Waals surface area contributed by atoms with E-state index in [1.165, 1.54) is 18.4 Å². The molecule has 1 aromatic rings. The number of aryl methyl sites for hydroxylation is 1. The summed E-state index contributed by atoms with van der Waals surface area (Å²) in [7, 11) is 0. The Balaban J connectivity index is 2.09. The maximum Gasteiger partial charge on any atom is 0.128 e. The first-order chi connectivity index (χ1) is 8.33. The van der Waals surface area contributed by atoms with E-state index in [0.29, 0.717) is 0 Å². The van der Waals surface area contributed by atoms with Gasteiger partial charge in [-0.15, -0.1) is 0 Å². The maximum absolute atomic E-state index is 10.2. The third-order valence-corrected chi connectivity index (χ3v) is 3.40. The zero-order chi connectivity index (χ0) is 12.1. The Bertz CT molecular complexity index is 360. The molecule has 0 radical (unpaired) electrons. The van der Waals surface area contributed by atoms with Crippen LogP contribution in [0.5, 0.6) is 5.75 Å². The smallest absolute Gasteiger partial charge is 0.128 e. The Hall–Kier alpha value is -1.02. The second-order valence-corrected chi connectivity index (χ2v) is 4.80. The molecule has 2 heteroatoms. The van der Waals surface area contributed by atoms with Gasteiger partial charge in [-0.25, -0.2) is 0 Å². The lowest BCUT2D eigenvalue weighted by Crippen LogP contribution is -2.12. The zero-order valence-electron chi connectivity index (χ0n) is 10.6. The molecule has 0 fully saturated rings. The fraction of sp³-hybridized carbons (Fsp3) is 0.600. The molecule has 1 atom stereocenters. The molecule has 0 bridgehead atoms. The van der Waals surface area contributed by atoms with E-state index >= 15 is 0 Å². The fourth-order valence-corrected chi connectivity index (χ4v) is 2.42. The Morgan fingerprint density at radius 3 is 3.06 bits per heavy atom. The van der Waals surface area contributed by atoms with E-state index in [1.807, 2.05) is 12.1 Å². The maximum atomic E-state index is 10.2. The number of rotatable bonds is 5. The summed E-state index contributed by atoms with van der Waals surface area (Å²) in [5, 5.41) is 10.2. The number of aliphatic hydroxyl groups is 1. The molecule has 0 aliphatic carbocycles. The van der Waals surface area contributed by atoms with Crippen molar-refractivity contribution in [1.29, 1.82) is 0 Å². The highest BCUT2D eigenvalue weighted by atomic mass is 16.5. The molecule has 1 heterocycles. The molecular weight excluding hydrogens is 212 g/mol. The lowest BCUT2D eigenvalue weighted by molar-refractivity contribution is 0.156. The summed E-state index contributed by atoms with van der Waals surface area (Å²) in [6, 6.07) is 6.14. The molecule has 2 rings (SSSR count). The zero-order valence-corrected chi connectivity index (χ0v) is 10.6. The van der Waals surface area contributed by atoms with Crippen LogP contribution in [0.25, 0.3) is 0 Å². The number of unbranched alkanes of at least 4 members (excludes halogenated alkanes) is 2. The highest BCUT2D eigenvalue weighted by Crippen LogP contribution is 2.34. The van der Waals surface area contributed by atoms with Crippen LogP contribution in [0.4, 0.5) is 0 Å². The van der Waals surface area contributed by atoms with Gasteiger partial charge in [0, 0.05) is 5.56 Å². The summed E-state index contributed by atoms with van der Waals surface area (Å²) in [6.07, 6.45) is 6.10. The van der Waals surface area contributed by atoms with E-state index in [0.717, 1.165) is 43.6 Å².